The van der Waals surface area contributed by atoms with E-state index in [1.54, 1.807) is 23.5 Å². The number of nitrogens with zero attached hydrogens (tertiary/aromatic N) is 1. The zero-order valence-corrected chi connectivity index (χ0v) is 13.7. The highest BCUT2D eigenvalue weighted by atomic mass is 35.5. The highest BCUT2D eigenvalue weighted by molar-refractivity contribution is 7.15. The number of rotatable bonds is 5. The van der Waals surface area contributed by atoms with Crippen LogP contribution in [-0.4, -0.2) is 11.0 Å². The average Bonchev–Trinajstić information content (AvgIpc) is 3.18. The Hall–Kier alpha value is -0.970. The van der Waals surface area contributed by atoms with Gasteiger partial charge in [-0.2, -0.15) is 0 Å². The number of hydrogen-bond donors (Lipinski definition) is 1. The summed E-state index contributed by atoms with van der Waals surface area (Å²) in [5.41, 5.74) is 1.56. The van der Waals surface area contributed by atoms with Crippen LogP contribution in [0.4, 0.5) is 4.39 Å². The van der Waals surface area contributed by atoms with Crippen LogP contribution in [0.25, 0.3) is 10.6 Å². The summed E-state index contributed by atoms with van der Waals surface area (Å²) in [4.78, 5) is 5.90. The number of hydrogen-bond acceptors (Lipinski definition) is 3. The van der Waals surface area contributed by atoms with Gasteiger partial charge in [0.05, 0.1) is 16.3 Å². The molecule has 0 atom stereocenters. The van der Waals surface area contributed by atoms with Gasteiger partial charge in [0.1, 0.15) is 10.8 Å². The van der Waals surface area contributed by atoms with Crippen LogP contribution in [0, 0.1) is 5.82 Å². The first kappa shape index (κ1) is 14.9. The molecule has 2 nitrogen and oxygen atoms in total. The summed E-state index contributed by atoms with van der Waals surface area (Å²) in [5, 5.41) is 4.54. The first-order chi connectivity index (χ1) is 10.1. The van der Waals surface area contributed by atoms with E-state index in [1.807, 2.05) is 0 Å². The largest absolute Gasteiger partial charge is 0.310 e. The zero-order chi connectivity index (χ0) is 15.0. The van der Waals surface area contributed by atoms with E-state index in [2.05, 4.69) is 19.2 Å². The standard InChI is InChI=1S/C16H18ClFN2S/c1-9(2)19-8-13-15(10-6-7-10)20-16(21-13)14-11(17)4-3-5-12(14)18/h3-5,9-10,19H,6-8H2,1-2H3. The number of thiazole rings is 1. The lowest BCUT2D eigenvalue weighted by molar-refractivity contribution is 0.590. The number of benzene rings is 1. The molecule has 0 radical (unpaired) electrons. The number of aromatic nitrogens is 1. The van der Waals surface area contributed by atoms with Crippen LogP contribution < -0.4 is 5.32 Å². The van der Waals surface area contributed by atoms with E-state index in [9.17, 15) is 4.39 Å². The molecule has 1 fully saturated rings. The van der Waals surface area contributed by atoms with Crippen LogP contribution in [0.2, 0.25) is 5.02 Å². The summed E-state index contributed by atoms with van der Waals surface area (Å²) < 4.78 is 14.1. The molecule has 5 heteroatoms. The van der Waals surface area contributed by atoms with E-state index in [4.69, 9.17) is 16.6 Å². The Kier molecular flexibility index (Phi) is 4.29. The Morgan fingerprint density at radius 1 is 1.43 bits per heavy atom. The van der Waals surface area contributed by atoms with E-state index in [-0.39, 0.29) is 5.82 Å². The smallest absolute Gasteiger partial charge is 0.134 e. The van der Waals surface area contributed by atoms with Gasteiger partial charge in [0.15, 0.2) is 0 Å². The normalized spacial score (nSPS) is 14.9. The van der Waals surface area contributed by atoms with Gasteiger partial charge < -0.3 is 5.32 Å². The minimum Gasteiger partial charge on any atom is -0.310 e. The van der Waals surface area contributed by atoms with Crippen molar-refractivity contribution in [3.63, 3.8) is 0 Å². The van der Waals surface area contributed by atoms with Crippen molar-refractivity contribution in [2.45, 2.75) is 45.2 Å². The van der Waals surface area contributed by atoms with Gasteiger partial charge in [0.25, 0.3) is 0 Å². The van der Waals surface area contributed by atoms with Crippen molar-refractivity contribution in [2.75, 3.05) is 0 Å². The van der Waals surface area contributed by atoms with Crippen molar-refractivity contribution in [1.29, 1.82) is 0 Å². The first-order valence-corrected chi connectivity index (χ1v) is 8.43. The van der Waals surface area contributed by atoms with Crippen molar-refractivity contribution in [2.24, 2.45) is 0 Å². The molecule has 1 aliphatic carbocycles. The van der Waals surface area contributed by atoms with Crippen LogP contribution in [0.15, 0.2) is 18.2 Å². The summed E-state index contributed by atoms with van der Waals surface area (Å²) in [5.74, 6) is 0.242. The summed E-state index contributed by atoms with van der Waals surface area (Å²) in [6.45, 7) is 5.02. The molecule has 0 aliphatic heterocycles. The molecule has 0 spiro atoms. The lowest BCUT2D eigenvalue weighted by atomic mass is 10.2. The Morgan fingerprint density at radius 2 is 2.19 bits per heavy atom. The molecule has 0 bridgehead atoms. The fourth-order valence-corrected chi connectivity index (χ4v) is 3.74. The molecule has 21 heavy (non-hydrogen) atoms. The summed E-state index contributed by atoms with van der Waals surface area (Å²) >= 11 is 7.71. The second-order valence-electron chi connectivity index (χ2n) is 5.73. The summed E-state index contributed by atoms with van der Waals surface area (Å²) in [7, 11) is 0. The Balaban J connectivity index is 1.98. The predicted octanol–water partition coefficient (Wildman–Crippen LogP) is 4.98. The van der Waals surface area contributed by atoms with Gasteiger partial charge in [-0.15, -0.1) is 11.3 Å². The van der Waals surface area contributed by atoms with E-state index >= 15 is 0 Å². The van der Waals surface area contributed by atoms with Crippen molar-refractivity contribution in [3.8, 4) is 10.6 Å². The lowest BCUT2D eigenvalue weighted by Crippen LogP contribution is -2.21. The maximum absolute atomic E-state index is 14.1. The molecule has 1 N–H and O–H groups in total. The molecular weight excluding hydrogens is 307 g/mol. The first-order valence-electron chi connectivity index (χ1n) is 7.23. The van der Waals surface area contributed by atoms with E-state index < -0.39 is 0 Å². The van der Waals surface area contributed by atoms with Crippen LogP contribution in [0.1, 0.15) is 43.2 Å². The topological polar surface area (TPSA) is 24.9 Å². The van der Waals surface area contributed by atoms with Gasteiger partial charge in [-0.1, -0.05) is 31.5 Å². The Labute approximate surface area is 133 Å². The monoisotopic (exact) mass is 324 g/mol. The third-order valence-corrected chi connectivity index (χ3v) is 4.94. The lowest BCUT2D eigenvalue weighted by Gasteiger charge is -2.07. The van der Waals surface area contributed by atoms with E-state index in [0.29, 0.717) is 27.6 Å². The van der Waals surface area contributed by atoms with Crippen LogP contribution >= 0.6 is 22.9 Å². The maximum Gasteiger partial charge on any atom is 0.134 e. The van der Waals surface area contributed by atoms with E-state index in [1.165, 1.54) is 23.8 Å². The SMILES string of the molecule is CC(C)NCc1sc(-c2c(F)cccc2Cl)nc1C1CC1. The zero-order valence-electron chi connectivity index (χ0n) is 12.1. The predicted molar refractivity (Wildman–Crippen MR) is 86.5 cm³/mol. The fraction of sp³-hybridized carbons (Fsp3) is 0.438. The average molecular weight is 325 g/mol. The summed E-state index contributed by atoms with van der Waals surface area (Å²) in [6, 6.07) is 5.19. The molecular formula is C16H18ClFN2S. The molecule has 1 aromatic heterocycles. The second-order valence-corrected chi connectivity index (χ2v) is 7.22. The Morgan fingerprint density at radius 3 is 2.81 bits per heavy atom. The quantitative estimate of drug-likeness (QED) is 0.839. The van der Waals surface area contributed by atoms with Crippen molar-refractivity contribution in [1.82, 2.24) is 10.3 Å². The van der Waals surface area contributed by atoms with Crippen molar-refractivity contribution < 1.29 is 4.39 Å². The highest BCUT2D eigenvalue weighted by Gasteiger charge is 2.30. The molecule has 3 rings (SSSR count). The number of nitrogens with one attached hydrogen (secondary N) is 1. The molecule has 0 amide bonds. The minimum atomic E-state index is -0.304. The van der Waals surface area contributed by atoms with Crippen molar-refractivity contribution in [3.05, 3.63) is 39.6 Å². The molecule has 1 aromatic carbocycles. The van der Waals surface area contributed by atoms with Crippen molar-refractivity contribution >= 4 is 22.9 Å². The van der Waals surface area contributed by atoms with Gasteiger partial charge in [-0.05, 0) is 25.0 Å². The third kappa shape index (κ3) is 3.28. The third-order valence-electron chi connectivity index (χ3n) is 3.54. The number of halogens is 2. The van der Waals surface area contributed by atoms with Crippen LogP contribution in [0.5, 0.6) is 0 Å². The van der Waals surface area contributed by atoms with E-state index in [0.717, 1.165) is 12.2 Å². The highest BCUT2D eigenvalue weighted by Crippen LogP contribution is 2.45. The van der Waals surface area contributed by atoms with Crippen LogP contribution in [-0.2, 0) is 6.54 Å². The molecule has 2 aromatic rings. The van der Waals surface area contributed by atoms with Gasteiger partial charge in [-0.25, -0.2) is 9.37 Å². The molecule has 0 saturated heterocycles. The molecule has 1 saturated carbocycles. The second kappa shape index (κ2) is 6.03. The maximum atomic E-state index is 14.1. The van der Waals surface area contributed by atoms with Gasteiger partial charge in [0, 0.05) is 23.4 Å². The summed E-state index contributed by atoms with van der Waals surface area (Å²) in [6.07, 6.45) is 2.37. The molecule has 112 valence electrons. The molecule has 1 aliphatic rings. The molecule has 1 heterocycles. The van der Waals surface area contributed by atoms with Crippen LogP contribution in [0.3, 0.4) is 0 Å². The minimum absolute atomic E-state index is 0.304. The molecule has 0 unspecified atom stereocenters. The Bertz CT molecular complexity index is 629. The van der Waals surface area contributed by atoms with Gasteiger partial charge in [-0.3, -0.25) is 0 Å². The van der Waals surface area contributed by atoms with Gasteiger partial charge in [0.2, 0.25) is 0 Å². The fourth-order valence-electron chi connectivity index (χ4n) is 2.27. The van der Waals surface area contributed by atoms with Gasteiger partial charge >= 0.3 is 0 Å².